The Balaban J connectivity index is 1.12. The van der Waals surface area contributed by atoms with Gasteiger partial charge in [0.25, 0.3) is 0 Å². The minimum Gasteiger partial charge on any atom is -0.493 e. The van der Waals surface area contributed by atoms with Crippen molar-refractivity contribution in [3.63, 3.8) is 0 Å². The van der Waals surface area contributed by atoms with E-state index in [4.69, 9.17) is 18.8 Å². The molecule has 7 rings (SSSR count). The molecule has 3 fully saturated rings. The average Bonchev–Trinajstić information content (AvgIpc) is 3.32. The summed E-state index contributed by atoms with van der Waals surface area (Å²) in [6.07, 6.45) is 8.64. The fourth-order valence-electron chi connectivity index (χ4n) is 8.14. The van der Waals surface area contributed by atoms with Crippen LogP contribution in [0.25, 0.3) is 0 Å². The van der Waals surface area contributed by atoms with Gasteiger partial charge >= 0.3 is 7.12 Å². The minimum absolute atomic E-state index is 0.271. The maximum Gasteiger partial charge on any atom is 0.494 e. The number of nitrogens with zero attached hydrogens (tertiary/aromatic N) is 1. The van der Waals surface area contributed by atoms with Crippen LogP contribution in [0.3, 0.4) is 0 Å². The summed E-state index contributed by atoms with van der Waals surface area (Å²) in [7, 11) is 1.79. The highest BCUT2D eigenvalue weighted by Gasteiger charge is 2.71. The Kier molecular flexibility index (Phi) is 5.69. The van der Waals surface area contributed by atoms with Gasteiger partial charge in [-0.1, -0.05) is 36.4 Å². The number of aliphatic hydroxyl groups excluding tert-OH is 2. The second kappa shape index (κ2) is 8.54. The molecule has 8 heteroatoms. The molecule has 39 heavy (non-hydrogen) atoms. The highest BCUT2D eigenvalue weighted by Crippen LogP contribution is 2.67. The Morgan fingerprint density at radius 3 is 2.46 bits per heavy atom. The summed E-state index contributed by atoms with van der Waals surface area (Å²) in [5.74, 6) is 1.02. The van der Waals surface area contributed by atoms with Crippen LogP contribution in [0.5, 0.6) is 5.75 Å². The lowest BCUT2D eigenvalue weighted by atomic mass is 9.50. The predicted molar refractivity (Wildman–Crippen MR) is 149 cm³/mol. The van der Waals surface area contributed by atoms with E-state index in [1.54, 1.807) is 0 Å². The predicted octanol–water partition coefficient (Wildman–Crippen LogP) is 2.76. The number of hydrogen-bond donors (Lipinski definition) is 2. The normalized spacial score (nSPS) is 41.2. The van der Waals surface area contributed by atoms with E-state index in [0.29, 0.717) is 19.1 Å². The second-order valence-corrected chi connectivity index (χ2v) is 13.3. The highest BCUT2D eigenvalue weighted by molar-refractivity contribution is 6.62. The first kappa shape index (κ1) is 26.0. The molecule has 0 aromatic heterocycles. The first-order valence-electron chi connectivity index (χ1n) is 14.4. The first-order chi connectivity index (χ1) is 18.5. The number of benzene rings is 1. The van der Waals surface area contributed by atoms with E-state index < -0.39 is 24.9 Å². The number of aliphatic hydroxyl groups is 2. The molecule has 2 N–H and O–H groups in total. The summed E-state index contributed by atoms with van der Waals surface area (Å²) in [5.41, 5.74) is 1.50. The fourth-order valence-corrected chi connectivity index (χ4v) is 8.14. The van der Waals surface area contributed by atoms with Gasteiger partial charge in [0.05, 0.1) is 30.0 Å². The van der Waals surface area contributed by atoms with E-state index in [9.17, 15) is 10.2 Å². The molecule has 7 nitrogen and oxygen atoms in total. The molecule has 0 amide bonds. The third kappa shape index (κ3) is 3.52. The highest BCUT2D eigenvalue weighted by atomic mass is 16.7. The minimum atomic E-state index is -0.885. The van der Waals surface area contributed by atoms with Gasteiger partial charge in [0, 0.05) is 23.8 Å². The van der Waals surface area contributed by atoms with E-state index in [1.807, 2.05) is 36.4 Å². The molecule has 208 valence electrons. The van der Waals surface area contributed by atoms with E-state index in [1.165, 1.54) is 11.1 Å². The van der Waals surface area contributed by atoms with Gasteiger partial charge in [0.15, 0.2) is 0 Å². The molecule has 6 aliphatic rings. The molecule has 2 unspecified atom stereocenters. The van der Waals surface area contributed by atoms with Gasteiger partial charge in [-0.2, -0.15) is 0 Å². The molecule has 0 saturated carbocycles. The molecule has 1 aromatic carbocycles. The van der Waals surface area contributed by atoms with Crippen molar-refractivity contribution in [2.24, 2.45) is 11.3 Å². The second-order valence-electron chi connectivity index (χ2n) is 13.3. The van der Waals surface area contributed by atoms with Crippen LogP contribution in [0.1, 0.15) is 47.0 Å². The summed E-state index contributed by atoms with van der Waals surface area (Å²) >= 11 is 0. The Bertz CT molecular complexity index is 1240. The largest absolute Gasteiger partial charge is 0.494 e. The smallest absolute Gasteiger partial charge is 0.493 e. The molecule has 0 radical (unpaired) electrons. The summed E-state index contributed by atoms with van der Waals surface area (Å²) in [4.78, 5) is 2.45. The lowest BCUT2D eigenvalue weighted by Gasteiger charge is -2.58. The average molecular weight is 533 g/mol. The van der Waals surface area contributed by atoms with Crippen molar-refractivity contribution in [3.8, 4) is 5.75 Å². The summed E-state index contributed by atoms with van der Waals surface area (Å²) in [5, 5.41) is 22.5. The standard InChI is InChI=1S/C31H40BNO6/c1-28(2)29(3,4)39-32(38-28)20-7-9-21(10-8-20)36-17-15-31-25(35)13-6-19-18-23-22-11-12-24(34)27(37-31)30(22,26(19)31)14-16-33(23)5/h6-13,22-25,27,34-35H,14-18H2,1-5H3/t22-,23+,24-,25?,27-,30-,31?/m0/s1. The first-order valence-corrected chi connectivity index (χ1v) is 14.4. The summed E-state index contributed by atoms with van der Waals surface area (Å²) < 4.78 is 25.4. The maximum absolute atomic E-state index is 11.4. The zero-order chi connectivity index (χ0) is 27.4. The van der Waals surface area contributed by atoms with E-state index in [2.05, 4.69) is 51.8 Å². The van der Waals surface area contributed by atoms with Crippen molar-refractivity contribution in [2.75, 3.05) is 20.2 Å². The zero-order valence-electron chi connectivity index (χ0n) is 23.6. The maximum atomic E-state index is 11.4. The van der Waals surface area contributed by atoms with Crippen molar-refractivity contribution < 1.29 is 29.0 Å². The van der Waals surface area contributed by atoms with Gasteiger partial charge in [0.2, 0.25) is 0 Å². The number of allylic oxidation sites excluding steroid dienone is 1. The van der Waals surface area contributed by atoms with E-state index in [-0.39, 0.29) is 28.6 Å². The monoisotopic (exact) mass is 533 g/mol. The van der Waals surface area contributed by atoms with Gasteiger partial charge in [-0.15, -0.1) is 0 Å². The number of likely N-dealkylation sites (tertiary alicyclic amines) is 1. The van der Waals surface area contributed by atoms with Crippen molar-refractivity contribution in [1.29, 1.82) is 0 Å². The van der Waals surface area contributed by atoms with Crippen LogP contribution in [0.2, 0.25) is 0 Å². The van der Waals surface area contributed by atoms with Crippen LogP contribution >= 0.6 is 0 Å². The summed E-state index contributed by atoms with van der Waals surface area (Å²) in [6, 6.07) is 8.24. The van der Waals surface area contributed by atoms with Gasteiger partial charge in [-0.25, -0.2) is 0 Å². The molecular weight excluding hydrogens is 493 g/mol. The third-order valence-electron chi connectivity index (χ3n) is 10.9. The molecule has 1 aromatic rings. The lowest BCUT2D eigenvalue weighted by Crippen LogP contribution is -2.62. The van der Waals surface area contributed by atoms with Gasteiger partial charge in [-0.3, -0.25) is 0 Å². The zero-order valence-corrected chi connectivity index (χ0v) is 23.6. The number of rotatable bonds is 5. The van der Waals surface area contributed by atoms with Gasteiger partial charge in [-0.05, 0) is 82.9 Å². The van der Waals surface area contributed by atoms with Crippen LogP contribution in [-0.2, 0) is 14.0 Å². The Hall–Kier alpha value is -1.94. The fraction of sp³-hybridized carbons (Fsp3) is 0.613. The molecule has 3 aliphatic heterocycles. The van der Waals surface area contributed by atoms with Gasteiger partial charge < -0.3 is 33.9 Å². The van der Waals surface area contributed by atoms with Gasteiger partial charge in [0.1, 0.15) is 17.5 Å². The SMILES string of the molecule is CN1CC[C@]23C4=C5C=CC(O)C4(CCOc4ccc(B6OC(C)(C)C(C)(C)O6)cc4)O[C@H]2[C@@H](O)C=C[C@H]3[C@H]1C5. The van der Waals surface area contributed by atoms with Crippen LogP contribution in [-0.4, -0.2) is 83.6 Å². The van der Waals surface area contributed by atoms with E-state index in [0.717, 1.165) is 30.6 Å². The number of ether oxygens (including phenoxy) is 2. The molecule has 7 atom stereocenters. The molecule has 2 bridgehead atoms. The lowest BCUT2D eigenvalue weighted by molar-refractivity contribution is -0.145. The molecule has 3 saturated heterocycles. The Labute approximate surface area is 231 Å². The molecule has 1 spiro atoms. The molecule has 3 heterocycles. The van der Waals surface area contributed by atoms with Crippen LogP contribution in [0.4, 0.5) is 0 Å². The molecular formula is C31H40BNO6. The van der Waals surface area contributed by atoms with E-state index >= 15 is 0 Å². The quantitative estimate of drug-likeness (QED) is 0.445. The molecule has 3 aliphatic carbocycles. The topological polar surface area (TPSA) is 80.6 Å². The Morgan fingerprint density at radius 2 is 1.74 bits per heavy atom. The van der Waals surface area contributed by atoms with Crippen molar-refractivity contribution >= 4 is 12.6 Å². The summed E-state index contributed by atoms with van der Waals surface area (Å²) in [6.45, 7) is 9.55. The van der Waals surface area contributed by atoms with Crippen molar-refractivity contribution in [1.82, 2.24) is 4.90 Å². The Morgan fingerprint density at radius 1 is 1.03 bits per heavy atom. The van der Waals surface area contributed by atoms with Crippen LogP contribution < -0.4 is 10.2 Å². The number of piperidine rings is 1. The third-order valence-corrected chi connectivity index (χ3v) is 10.9. The van der Waals surface area contributed by atoms with Crippen molar-refractivity contribution in [3.05, 3.63) is 59.7 Å². The van der Waals surface area contributed by atoms with Crippen molar-refractivity contribution in [2.45, 2.75) is 88.1 Å². The van der Waals surface area contributed by atoms with Crippen LogP contribution in [0, 0.1) is 11.3 Å². The van der Waals surface area contributed by atoms with Crippen LogP contribution in [0.15, 0.2) is 59.7 Å². The number of hydrogen-bond acceptors (Lipinski definition) is 7.